The first-order chi connectivity index (χ1) is 15.1. The zero-order valence-corrected chi connectivity index (χ0v) is 19.4. The fraction of sp³-hybridized carbons (Fsp3) is 0.429. The van der Waals surface area contributed by atoms with Crippen LogP contribution in [0.3, 0.4) is 0 Å². The first-order valence-electron chi connectivity index (χ1n) is 9.68. The second-order valence-electron chi connectivity index (χ2n) is 7.16. The van der Waals surface area contributed by atoms with Gasteiger partial charge in [0.05, 0.1) is 18.3 Å². The molecule has 0 saturated carbocycles. The number of hydrogen-bond acceptors (Lipinski definition) is 9. The van der Waals surface area contributed by atoms with E-state index in [1.54, 1.807) is 18.2 Å². The van der Waals surface area contributed by atoms with Crippen LogP contribution in [0, 0.1) is 0 Å². The van der Waals surface area contributed by atoms with Gasteiger partial charge in [-0.3, -0.25) is 23.7 Å². The lowest BCUT2D eigenvalue weighted by molar-refractivity contribution is -0.259. The number of benzene rings is 1. The van der Waals surface area contributed by atoms with Crippen LogP contribution in [-0.2, 0) is 33.3 Å². The maximum Gasteiger partial charge on any atom is 0.303 e. The van der Waals surface area contributed by atoms with Crippen molar-refractivity contribution in [2.24, 2.45) is 0 Å². The smallest absolute Gasteiger partial charge is 0.303 e. The maximum absolute atomic E-state index is 12.1. The van der Waals surface area contributed by atoms with E-state index in [0.29, 0.717) is 10.9 Å². The van der Waals surface area contributed by atoms with E-state index in [0.717, 1.165) is 4.47 Å². The van der Waals surface area contributed by atoms with Gasteiger partial charge in [0.1, 0.15) is 5.75 Å². The zero-order valence-electron chi connectivity index (χ0n) is 17.8. The molecule has 1 aromatic carbocycles. The third-order valence-electron chi connectivity index (χ3n) is 4.62. The fourth-order valence-electron chi connectivity index (χ4n) is 3.46. The van der Waals surface area contributed by atoms with Crippen LogP contribution >= 0.6 is 15.9 Å². The molecule has 1 saturated heterocycles. The summed E-state index contributed by atoms with van der Waals surface area (Å²) in [5.74, 6) is -1.91. The number of esters is 3. The lowest BCUT2D eigenvalue weighted by Crippen LogP contribution is -2.59. The molecule has 32 heavy (non-hydrogen) atoms. The minimum absolute atomic E-state index is 0.172. The van der Waals surface area contributed by atoms with Crippen molar-refractivity contribution in [1.29, 1.82) is 0 Å². The van der Waals surface area contributed by atoms with Crippen molar-refractivity contribution in [1.82, 2.24) is 4.57 Å². The Bertz CT molecular complexity index is 1060. The molecule has 11 heteroatoms. The van der Waals surface area contributed by atoms with Gasteiger partial charge in [-0.15, -0.1) is 0 Å². The number of nitrogens with zero attached hydrogens (tertiary/aromatic N) is 1. The van der Waals surface area contributed by atoms with Gasteiger partial charge in [0.2, 0.25) is 18.3 Å². The molecule has 0 spiro atoms. The molecule has 2 heterocycles. The Morgan fingerprint density at radius 2 is 1.59 bits per heavy atom. The van der Waals surface area contributed by atoms with Crippen LogP contribution in [0.1, 0.15) is 32.5 Å². The van der Waals surface area contributed by atoms with Gasteiger partial charge in [-0.25, -0.2) is 0 Å². The van der Waals surface area contributed by atoms with Gasteiger partial charge in [-0.2, -0.15) is 0 Å². The highest BCUT2D eigenvalue weighted by molar-refractivity contribution is 9.10. The molecule has 10 nitrogen and oxygen atoms in total. The molecular weight excluding hydrogens is 490 g/mol. The van der Waals surface area contributed by atoms with Gasteiger partial charge >= 0.3 is 17.9 Å². The highest BCUT2D eigenvalue weighted by Crippen LogP contribution is 2.34. The van der Waals surface area contributed by atoms with Crippen LogP contribution in [0.25, 0.3) is 10.9 Å². The van der Waals surface area contributed by atoms with Crippen molar-refractivity contribution in [3.63, 3.8) is 0 Å². The third-order valence-corrected chi connectivity index (χ3v) is 5.11. The van der Waals surface area contributed by atoms with Gasteiger partial charge in [-0.1, -0.05) is 15.9 Å². The lowest BCUT2D eigenvalue weighted by Gasteiger charge is -2.39. The molecule has 1 aromatic heterocycles. The van der Waals surface area contributed by atoms with Crippen molar-refractivity contribution in [2.45, 2.75) is 52.3 Å². The summed E-state index contributed by atoms with van der Waals surface area (Å²) in [5.41, 5.74) is 0.602. The van der Waals surface area contributed by atoms with Gasteiger partial charge < -0.3 is 23.7 Å². The predicted molar refractivity (Wildman–Crippen MR) is 113 cm³/mol. The van der Waals surface area contributed by atoms with Crippen LogP contribution in [0.5, 0.6) is 5.75 Å². The quantitative estimate of drug-likeness (QED) is 0.440. The minimum Gasteiger partial charge on any atom is -0.458 e. The first-order valence-corrected chi connectivity index (χ1v) is 10.5. The van der Waals surface area contributed by atoms with Crippen molar-refractivity contribution in [3.8, 4) is 5.75 Å². The van der Waals surface area contributed by atoms with Crippen molar-refractivity contribution in [2.75, 3.05) is 6.61 Å². The Hall–Kier alpha value is -2.92. The van der Waals surface area contributed by atoms with E-state index in [4.69, 9.17) is 23.7 Å². The van der Waals surface area contributed by atoms with Gasteiger partial charge in [0.25, 0.3) is 0 Å². The number of carbonyl (C=O) groups is 4. The number of carbonyl (C=O) groups excluding carboxylic acids is 4. The van der Waals surface area contributed by atoms with Crippen molar-refractivity contribution < 1.29 is 42.9 Å². The minimum atomic E-state index is -1.24. The summed E-state index contributed by atoms with van der Waals surface area (Å²) in [6.07, 6.45) is -3.12. The highest BCUT2D eigenvalue weighted by atomic mass is 79.9. The van der Waals surface area contributed by atoms with E-state index in [9.17, 15) is 19.2 Å². The summed E-state index contributed by atoms with van der Waals surface area (Å²) in [6, 6.07) is 5.29. The van der Waals surface area contributed by atoms with Crippen LogP contribution < -0.4 is 4.74 Å². The van der Waals surface area contributed by atoms with Gasteiger partial charge in [0.15, 0.2) is 12.2 Å². The molecule has 0 unspecified atom stereocenters. The Labute approximate surface area is 191 Å². The highest BCUT2D eigenvalue weighted by Gasteiger charge is 2.48. The number of fused-ring (bicyclic) bond motifs is 1. The van der Waals surface area contributed by atoms with Crippen LogP contribution in [-0.4, -0.2) is 59.6 Å². The SMILES string of the molecule is CC(=O)O[C@@H]1[C@@H](OC(C)=O)[C@H](Oc2cn(C(C)=O)c3ccc(Br)cc23)OC[C@H]1OC(C)=O. The Morgan fingerprint density at radius 1 is 0.969 bits per heavy atom. The Kier molecular flexibility index (Phi) is 7.19. The molecule has 0 N–H and O–H groups in total. The average molecular weight is 512 g/mol. The maximum atomic E-state index is 12.1. The van der Waals surface area contributed by atoms with E-state index < -0.39 is 42.5 Å². The molecule has 172 valence electrons. The molecule has 2 aromatic rings. The molecule has 1 aliphatic heterocycles. The standard InChI is InChI=1S/C21H22BrNO9/c1-10(24)23-8-17(15-7-14(22)5-6-16(15)23)32-21-20(31-13(4)27)19(30-12(3)26)18(9-28-21)29-11(2)25/h5-8,18-21H,9H2,1-4H3/t18-,19+,20-,21+/m1/s1. The van der Waals surface area contributed by atoms with Crippen LogP contribution in [0.4, 0.5) is 0 Å². The molecule has 3 rings (SSSR count). The van der Waals surface area contributed by atoms with Crippen molar-refractivity contribution in [3.05, 3.63) is 28.9 Å². The Morgan fingerprint density at radius 3 is 2.19 bits per heavy atom. The molecular formula is C21H22BrNO9. The summed E-state index contributed by atoms with van der Waals surface area (Å²) >= 11 is 3.39. The fourth-order valence-corrected chi connectivity index (χ4v) is 3.82. The number of aromatic nitrogens is 1. The van der Waals surface area contributed by atoms with E-state index in [1.807, 2.05) is 0 Å². The topological polar surface area (TPSA) is 119 Å². The van der Waals surface area contributed by atoms with E-state index >= 15 is 0 Å². The summed E-state index contributed by atoms with van der Waals surface area (Å²) in [4.78, 5) is 47.0. The number of ether oxygens (including phenoxy) is 5. The lowest BCUT2D eigenvalue weighted by atomic mass is 10.0. The molecule has 0 aliphatic carbocycles. The van der Waals surface area contributed by atoms with Gasteiger partial charge in [0, 0.05) is 37.6 Å². The van der Waals surface area contributed by atoms with E-state index in [2.05, 4.69) is 15.9 Å². The molecule has 0 amide bonds. The zero-order chi connectivity index (χ0) is 23.6. The molecule has 4 atom stereocenters. The van der Waals surface area contributed by atoms with Gasteiger partial charge in [-0.05, 0) is 18.2 Å². The monoisotopic (exact) mass is 511 g/mol. The largest absolute Gasteiger partial charge is 0.458 e. The normalized spacial score (nSPS) is 22.8. The third kappa shape index (κ3) is 5.28. The predicted octanol–water partition coefficient (Wildman–Crippen LogP) is 2.59. The van der Waals surface area contributed by atoms with Crippen LogP contribution in [0.2, 0.25) is 0 Å². The first kappa shape index (κ1) is 23.7. The average Bonchev–Trinajstić information content (AvgIpc) is 3.03. The number of rotatable bonds is 5. The summed E-state index contributed by atoms with van der Waals surface area (Å²) in [7, 11) is 0. The van der Waals surface area contributed by atoms with Crippen molar-refractivity contribution >= 4 is 50.6 Å². The Balaban J connectivity index is 1.99. The number of hydrogen-bond donors (Lipinski definition) is 0. The molecule has 1 fully saturated rings. The molecule has 0 bridgehead atoms. The summed E-state index contributed by atoms with van der Waals surface area (Å²) in [6.45, 7) is 4.79. The second-order valence-corrected chi connectivity index (χ2v) is 8.08. The second kappa shape index (κ2) is 9.70. The van der Waals surface area contributed by atoms with E-state index in [1.165, 1.54) is 38.5 Å². The summed E-state index contributed by atoms with van der Waals surface area (Å²) in [5, 5.41) is 0.603. The van der Waals surface area contributed by atoms with E-state index in [-0.39, 0.29) is 18.3 Å². The number of halogens is 1. The molecule has 1 aliphatic rings. The van der Waals surface area contributed by atoms with Crippen LogP contribution in [0.15, 0.2) is 28.9 Å². The molecule has 0 radical (unpaired) electrons. The summed E-state index contributed by atoms with van der Waals surface area (Å²) < 4.78 is 29.7.